The van der Waals surface area contributed by atoms with Gasteiger partial charge < -0.3 is 10.2 Å². The molecule has 1 aliphatic rings. The van der Waals surface area contributed by atoms with Crippen molar-refractivity contribution in [1.82, 2.24) is 9.97 Å². The van der Waals surface area contributed by atoms with Gasteiger partial charge in [-0.3, -0.25) is 0 Å². The van der Waals surface area contributed by atoms with Crippen molar-refractivity contribution in [2.75, 3.05) is 28.3 Å². The average Bonchev–Trinajstić information content (AvgIpc) is 2.91. The van der Waals surface area contributed by atoms with Crippen molar-refractivity contribution in [2.45, 2.75) is 32.9 Å². The minimum atomic E-state index is -2.91. The molecule has 1 fully saturated rings. The fourth-order valence-electron chi connectivity index (χ4n) is 3.06. The number of benzene rings is 1. The Morgan fingerprint density at radius 3 is 2.64 bits per heavy atom. The summed E-state index contributed by atoms with van der Waals surface area (Å²) in [6, 6.07) is 12.1. The van der Waals surface area contributed by atoms with Crippen molar-refractivity contribution in [3.63, 3.8) is 0 Å². The Hall–Kier alpha value is -2.15. The summed E-state index contributed by atoms with van der Waals surface area (Å²) >= 11 is 0. The smallest absolute Gasteiger partial charge is 0.152 e. The topological polar surface area (TPSA) is 75.2 Å². The van der Waals surface area contributed by atoms with E-state index in [4.69, 9.17) is 0 Å². The lowest BCUT2D eigenvalue weighted by Crippen LogP contribution is -2.25. The first-order valence-corrected chi connectivity index (χ1v) is 10.4. The summed E-state index contributed by atoms with van der Waals surface area (Å²) < 4.78 is 23.3. The van der Waals surface area contributed by atoms with Gasteiger partial charge in [0.25, 0.3) is 0 Å². The van der Waals surface area contributed by atoms with E-state index < -0.39 is 9.84 Å². The van der Waals surface area contributed by atoms with Crippen LogP contribution < -0.4 is 10.2 Å². The molecule has 1 aliphatic heterocycles. The number of sulfone groups is 1. The highest BCUT2D eigenvalue weighted by Crippen LogP contribution is 2.21. The summed E-state index contributed by atoms with van der Waals surface area (Å²) in [4.78, 5) is 11.2. The number of hydrogen-bond acceptors (Lipinski definition) is 6. The number of nitrogens with one attached hydrogen (secondary N) is 1. The minimum Gasteiger partial charge on any atom is -0.366 e. The fraction of sp³-hybridized carbons (Fsp3) is 0.444. The highest BCUT2D eigenvalue weighted by molar-refractivity contribution is 7.91. The molecule has 0 aliphatic carbocycles. The number of aromatic nitrogens is 2. The molecule has 1 unspecified atom stereocenters. The maximum atomic E-state index is 11.6. The van der Waals surface area contributed by atoms with E-state index in [9.17, 15) is 8.42 Å². The Balaban J connectivity index is 1.78. The highest BCUT2D eigenvalue weighted by atomic mass is 32.2. The van der Waals surface area contributed by atoms with Gasteiger partial charge in [-0.1, -0.05) is 30.3 Å². The second-order valence-electron chi connectivity index (χ2n) is 6.40. The third kappa shape index (κ3) is 4.69. The van der Waals surface area contributed by atoms with E-state index in [1.54, 1.807) is 0 Å². The van der Waals surface area contributed by atoms with E-state index in [2.05, 4.69) is 39.2 Å². The summed E-state index contributed by atoms with van der Waals surface area (Å²) in [7, 11) is -2.91. The lowest BCUT2D eigenvalue weighted by Gasteiger charge is -2.23. The van der Waals surface area contributed by atoms with Crippen LogP contribution in [0.15, 0.2) is 36.4 Å². The molecule has 1 saturated heterocycles. The lowest BCUT2D eigenvalue weighted by atomic mass is 10.2. The molecule has 134 valence electrons. The van der Waals surface area contributed by atoms with Crippen molar-refractivity contribution in [1.29, 1.82) is 0 Å². The van der Waals surface area contributed by atoms with Gasteiger partial charge in [0.05, 0.1) is 11.5 Å². The summed E-state index contributed by atoms with van der Waals surface area (Å²) in [5.74, 6) is 2.63. The lowest BCUT2D eigenvalue weighted by molar-refractivity contribution is 0.602. The molecule has 1 aromatic heterocycles. The van der Waals surface area contributed by atoms with E-state index >= 15 is 0 Å². The van der Waals surface area contributed by atoms with Crippen LogP contribution in [0.25, 0.3) is 0 Å². The normalized spacial score (nSPS) is 18.9. The van der Waals surface area contributed by atoms with Gasteiger partial charge in [-0.25, -0.2) is 18.4 Å². The Labute approximate surface area is 149 Å². The van der Waals surface area contributed by atoms with Crippen molar-refractivity contribution >= 4 is 21.5 Å². The predicted molar refractivity (Wildman–Crippen MR) is 101 cm³/mol. The number of anilines is 2. The van der Waals surface area contributed by atoms with Gasteiger partial charge >= 0.3 is 0 Å². The molecule has 25 heavy (non-hydrogen) atoms. The first-order chi connectivity index (χ1) is 11.9. The number of hydrogen-bond donors (Lipinski definition) is 1. The molecule has 0 spiro atoms. The van der Waals surface area contributed by atoms with Crippen molar-refractivity contribution in [3.8, 4) is 0 Å². The van der Waals surface area contributed by atoms with Crippen LogP contribution in [0, 0.1) is 6.92 Å². The van der Waals surface area contributed by atoms with Crippen LogP contribution in [-0.4, -0.2) is 42.5 Å². The van der Waals surface area contributed by atoms with E-state index in [1.165, 1.54) is 5.56 Å². The van der Waals surface area contributed by atoms with Crippen molar-refractivity contribution in [3.05, 3.63) is 47.8 Å². The van der Waals surface area contributed by atoms with E-state index in [-0.39, 0.29) is 17.5 Å². The standard InChI is InChI=1S/C18H24N4O2S/c1-3-22(12-15-7-5-4-6-8-15)18-11-17(19-14(2)20-18)21-16-9-10-25(23,24)13-16/h4-8,11,16H,3,9-10,12-13H2,1-2H3,(H,19,20,21). The first kappa shape index (κ1) is 17.7. The second-order valence-corrected chi connectivity index (χ2v) is 8.63. The molecule has 0 radical (unpaired) electrons. The average molecular weight is 360 g/mol. The van der Waals surface area contributed by atoms with Gasteiger partial charge in [0.2, 0.25) is 0 Å². The molecule has 7 heteroatoms. The molecule has 6 nitrogen and oxygen atoms in total. The van der Waals surface area contributed by atoms with Crippen LogP contribution >= 0.6 is 0 Å². The second kappa shape index (κ2) is 7.39. The molecule has 1 aromatic carbocycles. The summed E-state index contributed by atoms with van der Waals surface area (Å²) in [6.45, 7) is 5.54. The monoisotopic (exact) mass is 360 g/mol. The maximum Gasteiger partial charge on any atom is 0.152 e. The molecule has 3 rings (SSSR count). The molecule has 2 heterocycles. The van der Waals surface area contributed by atoms with E-state index in [0.717, 1.165) is 18.9 Å². The minimum absolute atomic E-state index is 0.0728. The fourth-order valence-corrected chi connectivity index (χ4v) is 4.74. The van der Waals surface area contributed by atoms with Crippen LogP contribution in [0.5, 0.6) is 0 Å². The molecular formula is C18H24N4O2S. The molecule has 1 N–H and O–H groups in total. The van der Waals surface area contributed by atoms with Crippen molar-refractivity contribution < 1.29 is 8.42 Å². The largest absolute Gasteiger partial charge is 0.366 e. The van der Waals surface area contributed by atoms with E-state index in [1.807, 2.05) is 31.2 Å². The first-order valence-electron chi connectivity index (χ1n) is 8.57. The number of rotatable bonds is 6. The third-order valence-corrected chi connectivity index (χ3v) is 6.10. The molecular weight excluding hydrogens is 336 g/mol. The quantitative estimate of drug-likeness (QED) is 0.853. The SMILES string of the molecule is CCN(Cc1ccccc1)c1cc(NC2CCS(=O)(=O)C2)nc(C)n1. The zero-order valence-corrected chi connectivity index (χ0v) is 15.5. The molecule has 2 aromatic rings. The molecule has 1 atom stereocenters. The van der Waals surface area contributed by atoms with Crippen LogP contribution in [-0.2, 0) is 16.4 Å². The molecule has 0 bridgehead atoms. The van der Waals surface area contributed by atoms with Gasteiger partial charge in [-0.15, -0.1) is 0 Å². The summed E-state index contributed by atoms with van der Waals surface area (Å²) in [5, 5.41) is 3.26. The Bertz CT molecular complexity index is 824. The Morgan fingerprint density at radius 2 is 2.00 bits per heavy atom. The van der Waals surface area contributed by atoms with Gasteiger partial charge in [0.15, 0.2) is 9.84 Å². The van der Waals surface area contributed by atoms with E-state index in [0.29, 0.717) is 18.1 Å². The summed E-state index contributed by atoms with van der Waals surface area (Å²) in [5.41, 5.74) is 1.22. The number of aryl methyl sites for hydroxylation is 1. The zero-order valence-electron chi connectivity index (χ0n) is 14.6. The summed E-state index contributed by atoms with van der Waals surface area (Å²) in [6.07, 6.45) is 0.627. The maximum absolute atomic E-state index is 11.6. The zero-order chi connectivity index (χ0) is 17.9. The highest BCUT2D eigenvalue weighted by Gasteiger charge is 2.28. The Morgan fingerprint density at radius 1 is 1.24 bits per heavy atom. The molecule has 0 saturated carbocycles. The van der Waals surface area contributed by atoms with Crippen LogP contribution in [0.2, 0.25) is 0 Å². The number of nitrogens with zero attached hydrogens (tertiary/aromatic N) is 3. The van der Waals surface area contributed by atoms with Crippen LogP contribution in [0.4, 0.5) is 11.6 Å². The molecule has 0 amide bonds. The van der Waals surface area contributed by atoms with Gasteiger partial charge in [0.1, 0.15) is 17.5 Å². The predicted octanol–water partition coefficient (Wildman–Crippen LogP) is 2.41. The van der Waals surface area contributed by atoms with Crippen LogP contribution in [0.1, 0.15) is 24.7 Å². The third-order valence-electron chi connectivity index (χ3n) is 4.33. The van der Waals surface area contributed by atoms with Gasteiger partial charge in [-0.2, -0.15) is 0 Å². The van der Waals surface area contributed by atoms with Gasteiger partial charge in [-0.05, 0) is 25.8 Å². The van der Waals surface area contributed by atoms with Gasteiger partial charge in [0, 0.05) is 25.2 Å². The Kier molecular flexibility index (Phi) is 5.22. The van der Waals surface area contributed by atoms with Crippen molar-refractivity contribution in [2.24, 2.45) is 0 Å². The van der Waals surface area contributed by atoms with Crippen LogP contribution in [0.3, 0.4) is 0 Å².